The van der Waals surface area contributed by atoms with E-state index in [1.165, 1.54) is 11.1 Å². The highest BCUT2D eigenvalue weighted by molar-refractivity contribution is 6.34. The fourth-order valence-electron chi connectivity index (χ4n) is 4.10. The second-order valence-electron chi connectivity index (χ2n) is 10.0. The number of hydrazine groups is 1. The molecule has 0 atom stereocenters. The minimum absolute atomic E-state index is 0.0250. The lowest BCUT2D eigenvalue weighted by atomic mass is 10.1. The fourth-order valence-corrected chi connectivity index (χ4v) is 4.46. The standard InChI is InChI=1S/C28H35ClF3N7O/c1-17-8-9-20(12-24(17)39(33)16-18(2)22-15-34-38(7)19(22)3)27(40)35-21-13-23(28(30,31)32)26(29)25(14-21)37(6)11-10-36(4)5/h8-9,12-16H,10-11,33H2,1-7H3,(H,35,40)/b18-16+. The molecule has 3 aromatic rings. The van der Waals surface area contributed by atoms with E-state index in [4.69, 9.17) is 17.4 Å². The zero-order chi connectivity index (χ0) is 29.9. The summed E-state index contributed by atoms with van der Waals surface area (Å²) >= 11 is 6.18. The number of carbonyl (C=O) groups is 1. The van der Waals surface area contributed by atoms with Crippen LogP contribution in [0.4, 0.5) is 30.2 Å². The van der Waals surface area contributed by atoms with Crippen LogP contribution in [0.5, 0.6) is 0 Å². The maximum Gasteiger partial charge on any atom is 0.417 e. The van der Waals surface area contributed by atoms with Gasteiger partial charge in [0, 0.05) is 55.9 Å². The lowest BCUT2D eigenvalue weighted by Gasteiger charge is -2.25. The van der Waals surface area contributed by atoms with Crippen LogP contribution in [0, 0.1) is 13.8 Å². The molecule has 3 N–H and O–H groups in total. The van der Waals surface area contributed by atoms with Crippen molar-refractivity contribution in [3.8, 4) is 0 Å². The SMILES string of the molecule is C/C(=C\N(N)c1cc(C(=O)Nc2cc(N(C)CCN(C)C)c(Cl)c(C(F)(F)F)c2)ccc1C)c1cnn(C)c1C. The van der Waals surface area contributed by atoms with Gasteiger partial charge >= 0.3 is 6.18 Å². The highest BCUT2D eigenvalue weighted by Gasteiger charge is 2.35. The van der Waals surface area contributed by atoms with Gasteiger partial charge in [0.1, 0.15) is 0 Å². The van der Waals surface area contributed by atoms with Gasteiger partial charge in [0.25, 0.3) is 5.91 Å². The van der Waals surface area contributed by atoms with Crippen LogP contribution in [-0.2, 0) is 13.2 Å². The zero-order valence-electron chi connectivity index (χ0n) is 23.7. The van der Waals surface area contributed by atoms with Crippen molar-refractivity contribution in [1.29, 1.82) is 0 Å². The summed E-state index contributed by atoms with van der Waals surface area (Å²) in [6, 6.07) is 7.20. The van der Waals surface area contributed by atoms with E-state index in [2.05, 4.69) is 10.4 Å². The number of benzene rings is 2. The van der Waals surface area contributed by atoms with E-state index in [0.29, 0.717) is 18.8 Å². The first-order valence-corrected chi connectivity index (χ1v) is 12.9. The lowest BCUT2D eigenvalue weighted by Crippen LogP contribution is -2.29. The predicted molar refractivity (Wildman–Crippen MR) is 156 cm³/mol. The summed E-state index contributed by atoms with van der Waals surface area (Å²) < 4.78 is 43.3. The molecule has 1 aromatic heterocycles. The third-order valence-electron chi connectivity index (χ3n) is 6.65. The topological polar surface area (TPSA) is 82.7 Å². The summed E-state index contributed by atoms with van der Waals surface area (Å²) in [5.74, 6) is 5.76. The minimum Gasteiger partial charge on any atom is -0.372 e. The van der Waals surface area contributed by atoms with Crippen molar-refractivity contribution >= 4 is 40.1 Å². The van der Waals surface area contributed by atoms with Crippen LogP contribution in [0.15, 0.2) is 42.7 Å². The molecule has 1 heterocycles. The summed E-state index contributed by atoms with van der Waals surface area (Å²) in [4.78, 5) is 16.7. The number of aromatic nitrogens is 2. The van der Waals surface area contributed by atoms with E-state index in [1.54, 1.807) is 47.2 Å². The summed E-state index contributed by atoms with van der Waals surface area (Å²) in [5.41, 5.74) is 3.48. The van der Waals surface area contributed by atoms with Crippen molar-refractivity contribution in [3.05, 3.63) is 75.7 Å². The van der Waals surface area contributed by atoms with E-state index in [0.717, 1.165) is 28.5 Å². The van der Waals surface area contributed by atoms with Gasteiger partial charge in [0.05, 0.1) is 28.2 Å². The summed E-state index contributed by atoms with van der Waals surface area (Å²) in [6.45, 7) is 6.73. The number of alkyl halides is 3. The molecule has 0 aliphatic rings. The number of likely N-dealkylation sites (N-methyl/N-ethyl adjacent to an activating group) is 2. The Labute approximate surface area is 237 Å². The normalized spacial score (nSPS) is 12.2. The summed E-state index contributed by atoms with van der Waals surface area (Å²) in [7, 11) is 7.23. The Kier molecular flexibility index (Phi) is 9.55. The van der Waals surface area contributed by atoms with E-state index in [-0.39, 0.29) is 16.9 Å². The Morgan fingerprint density at radius 1 is 1.12 bits per heavy atom. The number of anilines is 3. The molecule has 0 radical (unpaired) electrons. The molecule has 216 valence electrons. The van der Waals surface area contributed by atoms with Crippen molar-refractivity contribution in [2.75, 3.05) is 49.5 Å². The summed E-state index contributed by atoms with van der Waals surface area (Å²) in [6.07, 6.45) is -1.22. The van der Waals surface area contributed by atoms with Gasteiger partial charge in [0.15, 0.2) is 0 Å². The average Bonchev–Trinajstić information content (AvgIpc) is 3.20. The van der Waals surface area contributed by atoms with Crippen LogP contribution >= 0.6 is 11.6 Å². The maximum absolute atomic E-state index is 13.8. The maximum atomic E-state index is 13.8. The Hall–Kier alpha value is -3.54. The smallest absolute Gasteiger partial charge is 0.372 e. The van der Waals surface area contributed by atoms with Gasteiger partial charge in [0.2, 0.25) is 0 Å². The molecule has 0 aliphatic carbocycles. The van der Waals surface area contributed by atoms with Crippen LogP contribution in [0.2, 0.25) is 5.02 Å². The quantitative estimate of drug-likeness (QED) is 0.251. The Bertz CT molecular complexity index is 1420. The largest absolute Gasteiger partial charge is 0.417 e. The zero-order valence-corrected chi connectivity index (χ0v) is 24.4. The number of nitrogens with one attached hydrogen (secondary N) is 1. The predicted octanol–water partition coefficient (Wildman–Crippen LogP) is 5.70. The Morgan fingerprint density at radius 2 is 1.80 bits per heavy atom. The molecule has 0 bridgehead atoms. The highest BCUT2D eigenvalue weighted by atomic mass is 35.5. The third-order valence-corrected chi connectivity index (χ3v) is 7.05. The first kappa shape index (κ1) is 31.0. The van der Waals surface area contributed by atoms with Crippen molar-refractivity contribution < 1.29 is 18.0 Å². The average molecular weight is 578 g/mol. The first-order valence-electron chi connectivity index (χ1n) is 12.5. The van der Waals surface area contributed by atoms with Crippen molar-refractivity contribution in [1.82, 2.24) is 14.7 Å². The Balaban J connectivity index is 1.92. The second-order valence-corrected chi connectivity index (χ2v) is 10.4. The number of rotatable bonds is 9. The number of carbonyl (C=O) groups excluding carboxylic acids is 1. The molecule has 0 saturated heterocycles. The van der Waals surface area contributed by atoms with Crippen molar-refractivity contribution in [2.45, 2.75) is 26.9 Å². The number of nitrogens with two attached hydrogens (primary N) is 1. The van der Waals surface area contributed by atoms with Crippen LogP contribution in [0.1, 0.15) is 39.7 Å². The molecule has 0 fully saturated rings. The number of nitrogens with zero attached hydrogens (tertiary/aromatic N) is 5. The van der Waals surface area contributed by atoms with Crippen LogP contribution in [-0.4, -0.2) is 54.8 Å². The van der Waals surface area contributed by atoms with E-state index < -0.39 is 22.7 Å². The first-order chi connectivity index (χ1) is 18.6. The molecule has 3 rings (SSSR count). The molecule has 2 aromatic carbocycles. The molecule has 0 spiro atoms. The number of amides is 1. The molecule has 12 heteroatoms. The Morgan fingerprint density at radius 3 is 2.38 bits per heavy atom. The molecule has 0 unspecified atom stereocenters. The molecule has 8 nitrogen and oxygen atoms in total. The monoisotopic (exact) mass is 577 g/mol. The number of hydrogen-bond donors (Lipinski definition) is 2. The van der Waals surface area contributed by atoms with Crippen molar-refractivity contribution in [2.24, 2.45) is 12.9 Å². The van der Waals surface area contributed by atoms with Crippen LogP contribution < -0.4 is 21.1 Å². The minimum atomic E-state index is -4.71. The molecule has 40 heavy (non-hydrogen) atoms. The van der Waals surface area contributed by atoms with Crippen LogP contribution in [0.25, 0.3) is 5.57 Å². The molecule has 0 aliphatic heterocycles. The number of aryl methyl sites for hydroxylation is 2. The molecular weight excluding hydrogens is 543 g/mol. The fraction of sp³-hybridized carbons (Fsp3) is 0.357. The highest BCUT2D eigenvalue weighted by Crippen LogP contribution is 2.41. The van der Waals surface area contributed by atoms with Gasteiger partial charge in [-0.1, -0.05) is 17.7 Å². The van der Waals surface area contributed by atoms with E-state index in [1.807, 2.05) is 46.8 Å². The van der Waals surface area contributed by atoms with E-state index in [9.17, 15) is 18.0 Å². The lowest BCUT2D eigenvalue weighted by molar-refractivity contribution is -0.137. The summed E-state index contributed by atoms with van der Waals surface area (Å²) in [5, 5.41) is 7.84. The molecule has 1 amide bonds. The third kappa shape index (κ3) is 7.15. The van der Waals surface area contributed by atoms with Crippen molar-refractivity contribution in [3.63, 3.8) is 0 Å². The number of halogens is 4. The van der Waals surface area contributed by atoms with Crippen LogP contribution in [0.3, 0.4) is 0 Å². The molecular formula is C28H35ClF3N7O. The van der Waals surface area contributed by atoms with Gasteiger partial charge < -0.3 is 15.1 Å². The second kappa shape index (κ2) is 12.3. The van der Waals surface area contributed by atoms with Gasteiger partial charge in [-0.2, -0.15) is 18.3 Å². The number of allylic oxidation sites excluding steroid dienone is 1. The van der Waals surface area contributed by atoms with Gasteiger partial charge in [-0.25, -0.2) is 5.84 Å². The van der Waals surface area contributed by atoms with Gasteiger partial charge in [-0.05, 0) is 70.3 Å². The number of hydrogen-bond acceptors (Lipinski definition) is 6. The van der Waals surface area contributed by atoms with Gasteiger partial charge in [-0.15, -0.1) is 0 Å². The van der Waals surface area contributed by atoms with E-state index >= 15 is 0 Å². The molecule has 0 saturated carbocycles. The van der Waals surface area contributed by atoms with Gasteiger partial charge in [-0.3, -0.25) is 14.5 Å².